The molecule has 3 nitrogen and oxygen atoms in total. The van der Waals surface area contributed by atoms with Crippen molar-refractivity contribution in [1.29, 1.82) is 0 Å². The van der Waals surface area contributed by atoms with Crippen LogP contribution in [0.1, 0.15) is 0 Å². The van der Waals surface area contributed by atoms with E-state index in [4.69, 9.17) is 4.74 Å². The number of ether oxygens (including phenoxy) is 1. The zero-order valence-corrected chi connectivity index (χ0v) is 24.8. The Hall–Kier alpha value is -6.00. The Balaban J connectivity index is 1.35. The van der Waals surface area contributed by atoms with Crippen LogP contribution in [-0.2, 0) is 0 Å². The number of fused-ring (bicyclic) bond motifs is 11. The maximum Gasteiger partial charge on any atom is 0.256 e. The lowest BCUT2D eigenvalue weighted by Crippen LogP contribution is -2.58. The smallest absolute Gasteiger partial charge is 0.256 e. The molecule has 9 aromatic rings. The van der Waals surface area contributed by atoms with Crippen molar-refractivity contribution in [3.63, 3.8) is 0 Å². The predicted molar refractivity (Wildman–Crippen MR) is 192 cm³/mol. The zero-order valence-electron chi connectivity index (χ0n) is 24.8. The van der Waals surface area contributed by atoms with Crippen molar-refractivity contribution in [1.82, 2.24) is 9.13 Å². The molecule has 2 aliphatic heterocycles. The van der Waals surface area contributed by atoms with E-state index in [0.29, 0.717) is 0 Å². The van der Waals surface area contributed by atoms with Gasteiger partial charge in [0, 0.05) is 32.9 Å². The third-order valence-electron chi connectivity index (χ3n) is 10.1. The summed E-state index contributed by atoms with van der Waals surface area (Å²) in [7, 11) is 0. The molecule has 4 heterocycles. The topological polar surface area (TPSA) is 19.1 Å². The van der Waals surface area contributed by atoms with Crippen molar-refractivity contribution >= 4 is 66.7 Å². The maximum absolute atomic E-state index is 6.72. The van der Waals surface area contributed by atoms with Crippen LogP contribution >= 0.6 is 0 Å². The van der Waals surface area contributed by atoms with Crippen molar-refractivity contribution in [3.8, 4) is 34.0 Å². The molecule has 0 amide bonds. The van der Waals surface area contributed by atoms with Crippen molar-refractivity contribution in [2.75, 3.05) is 0 Å². The molecule has 2 aromatic heterocycles. The van der Waals surface area contributed by atoms with E-state index in [1.54, 1.807) is 0 Å². The Labute approximate surface area is 265 Å². The highest BCUT2D eigenvalue weighted by Crippen LogP contribution is 2.43. The number of nitrogens with zero attached hydrogens (tertiary/aromatic N) is 2. The fourth-order valence-corrected chi connectivity index (χ4v) is 8.33. The van der Waals surface area contributed by atoms with Gasteiger partial charge in [-0.3, -0.25) is 0 Å². The first-order valence-electron chi connectivity index (χ1n) is 15.9. The van der Waals surface area contributed by atoms with Gasteiger partial charge in [-0.25, -0.2) is 0 Å². The first kappa shape index (κ1) is 24.3. The van der Waals surface area contributed by atoms with Gasteiger partial charge in [-0.15, -0.1) is 0 Å². The fraction of sp³-hybridized carbons (Fsp3) is 0. The standard InChI is InChI=1S/C42H25BN2O/c1-3-12-26(13-4-1)27-22-23-37-32(24-27)43-33-25-31-29-16-7-9-18-34(29)44(28-14-5-2-6-15-28)41(31)39-30-17-8-10-19-35(30)45(42(33)39)36-20-11-21-38(46-37)40(36)43/h1-25H. The van der Waals surface area contributed by atoms with Gasteiger partial charge in [-0.1, -0.05) is 109 Å². The number of hydrogen-bond donors (Lipinski definition) is 0. The SMILES string of the molecule is c1ccc(-c2ccc3c(c2)B2c4c(cccc4-n4c5ccccc5c5c4c2cc2c4ccccc4n(-c4ccccc4)c25)O3)cc1. The van der Waals surface area contributed by atoms with Crippen molar-refractivity contribution < 1.29 is 4.74 Å². The van der Waals surface area contributed by atoms with Gasteiger partial charge in [0.1, 0.15) is 11.5 Å². The lowest BCUT2D eigenvalue weighted by atomic mass is 9.34. The quantitative estimate of drug-likeness (QED) is 0.187. The van der Waals surface area contributed by atoms with E-state index in [2.05, 4.69) is 161 Å². The highest BCUT2D eigenvalue weighted by atomic mass is 16.5. The minimum absolute atomic E-state index is 0.0289. The maximum atomic E-state index is 6.72. The van der Waals surface area contributed by atoms with Crippen LogP contribution in [0.5, 0.6) is 11.5 Å². The molecule has 0 N–H and O–H groups in total. The van der Waals surface area contributed by atoms with Gasteiger partial charge in [0.15, 0.2) is 0 Å². The normalized spacial score (nSPS) is 12.9. The predicted octanol–water partition coefficient (Wildman–Crippen LogP) is 8.48. The van der Waals surface area contributed by atoms with E-state index >= 15 is 0 Å². The van der Waals surface area contributed by atoms with Crippen molar-refractivity contribution in [2.45, 2.75) is 0 Å². The van der Waals surface area contributed by atoms with Crippen LogP contribution < -0.4 is 21.1 Å². The molecule has 46 heavy (non-hydrogen) atoms. The number of benzene rings is 7. The van der Waals surface area contributed by atoms with E-state index in [0.717, 1.165) is 11.5 Å². The third-order valence-corrected chi connectivity index (χ3v) is 10.1. The molecule has 0 radical (unpaired) electrons. The minimum Gasteiger partial charge on any atom is -0.458 e. The Morgan fingerprint density at radius 1 is 0.457 bits per heavy atom. The van der Waals surface area contributed by atoms with Crippen LogP contribution in [0.15, 0.2) is 152 Å². The molecule has 2 aliphatic rings. The summed E-state index contributed by atoms with van der Waals surface area (Å²) in [6, 6.07) is 55.0. The van der Waals surface area contributed by atoms with Crippen LogP contribution in [-0.4, -0.2) is 15.8 Å². The molecule has 212 valence electrons. The first-order chi connectivity index (χ1) is 22.8. The molecule has 0 saturated carbocycles. The summed E-state index contributed by atoms with van der Waals surface area (Å²) in [5, 5.41) is 5.10. The van der Waals surface area contributed by atoms with E-state index in [-0.39, 0.29) is 6.71 Å². The monoisotopic (exact) mass is 584 g/mol. The Morgan fingerprint density at radius 3 is 2.00 bits per heavy atom. The molecule has 11 rings (SSSR count). The van der Waals surface area contributed by atoms with E-state index < -0.39 is 0 Å². The minimum atomic E-state index is 0.0289. The molecule has 0 atom stereocenters. The van der Waals surface area contributed by atoms with Gasteiger partial charge in [0.25, 0.3) is 6.71 Å². The van der Waals surface area contributed by atoms with E-state index in [1.165, 1.54) is 82.5 Å². The van der Waals surface area contributed by atoms with Crippen LogP contribution in [0.2, 0.25) is 0 Å². The zero-order chi connectivity index (χ0) is 29.9. The highest BCUT2D eigenvalue weighted by molar-refractivity contribution is 6.99. The van der Waals surface area contributed by atoms with E-state index in [9.17, 15) is 0 Å². The average Bonchev–Trinajstić information content (AvgIpc) is 3.64. The summed E-state index contributed by atoms with van der Waals surface area (Å²) in [6.07, 6.45) is 0. The summed E-state index contributed by atoms with van der Waals surface area (Å²) in [5.74, 6) is 1.87. The first-order valence-corrected chi connectivity index (χ1v) is 15.9. The van der Waals surface area contributed by atoms with E-state index in [1.807, 2.05) is 0 Å². The summed E-state index contributed by atoms with van der Waals surface area (Å²) < 4.78 is 11.7. The summed E-state index contributed by atoms with van der Waals surface area (Å²) in [5.41, 5.74) is 13.5. The van der Waals surface area contributed by atoms with Gasteiger partial charge in [0.05, 0.1) is 22.1 Å². The molecule has 0 fully saturated rings. The molecule has 0 spiro atoms. The van der Waals surface area contributed by atoms with Gasteiger partial charge < -0.3 is 13.9 Å². The third kappa shape index (κ3) is 3.03. The highest BCUT2D eigenvalue weighted by Gasteiger charge is 2.41. The molecule has 0 aliphatic carbocycles. The van der Waals surface area contributed by atoms with Crippen molar-refractivity contribution in [2.24, 2.45) is 0 Å². The fourth-order valence-electron chi connectivity index (χ4n) is 8.33. The molecule has 7 aromatic carbocycles. The summed E-state index contributed by atoms with van der Waals surface area (Å²) in [6.45, 7) is 0.0289. The number of rotatable bonds is 2. The van der Waals surface area contributed by atoms with Gasteiger partial charge in [-0.2, -0.15) is 0 Å². The molecular weight excluding hydrogens is 559 g/mol. The number of hydrogen-bond acceptors (Lipinski definition) is 1. The molecule has 0 unspecified atom stereocenters. The lowest BCUT2D eigenvalue weighted by molar-refractivity contribution is 0.487. The van der Waals surface area contributed by atoms with Gasteiger partial charge in [-0.05, 0) is 70.0 Å². The Kier molecular flexibility index (Phi) is 4.66. The van der Waals surface area contributed by atoms with Crippen molar-refractivity contribution in [3.05, 3.63) is 152 Å². The second kappa shape index (κ2) is 8.80. The van der Waals surface area contributed by atoms with Crippen LogP contribution in [0, 0.1) is 0 Å². The molecule has 4 heteroatoms. The lowest BCUT2D eigenvalue weighted by Gasteiger charge is -2.33. The summed E-state index contributed by atoms with van der Waals surface area (Å²) in [4.78, 5) is 0. The molecule has 0 saturated heterocycles. The van der Waals surface area contributed by atoms with Gasteiger partial charge >= 0.3 is 0 Å². The molecular formula is C42H25BN2O. The van der Waals surface area contributed by atoms with Crippen LogP contribution in [0.25, 0.3) is 66.1 Å². The Bertz CT molecular complexity index is 2720. The Morgan fingerprint density at radius 2 is 1.17 bits per heavy atom. The average molecular weight is 584 g/mol. The largest absolute Gasteiger partial charge is 0.458 e. The second-order valence-corrected chi connectivity index (χ2v) is 12.5. The second-order valence-electron chi connectivity index (χ2n) is 12.5. The number of aromatic nitrogens is 2. The van der Waals surface area contributed by atoms with Gasteiger partial charge in [0.2, 0.25) is 0 Å². The number of para-hydroxylation sites is 3. The molecule has 0 bridgehead atoms. The summed E-state index contributed by atoms with van der Waals surface area (Å²) >= 11 is 0. The van der Waals surface area contributed by atoms with Crippen LogP contribution in [0.4, 0.5) is 0 Å². The van der Waals surface area contributed by atoms with Crippen LogP contribution in [0.3, 0.4) is 0 Å².